The van der Waals surface area contributed by atoms with Gasteiger partial charge in [-0.25, -0.2) is 4.98 Å². The molecule has 2 aromatic rings. The van der Waals surface area contributed by atoms with Crippen LogP contribution in [0.3, 0.4) is 0 Å². The highest BCUT2D eigenvalue weighted by atomic mass is 79.9. The summed E-state index contributed by atoms with van der Waals surface area (Å²) in [5.74, 6) is 0. The Labute approximate surface area is 145 Å². The van der Waals surface area contributed by atoms with Crippen molar-refractivity contribution < 1.29 is 23.0 Å². The van der Waals surface area contributed by atoms with Gasteiger partial charge in [0, 0.05) is 11.8 Å². The number of halogens is 4. The lowest BCUT2D eigenvalue weighted by atomic mass is 10.0. The normalized spacial score (nSPS) is 13.2. The first-order valence-electron chi connectivity index (χ1n) is 6.98. The number of hydrogen-bond donors (Lipinski definition) is 1. The van der Waals surface area contributed by atoms with Crippen LogP contribution in [0.1, 0.15) is 35.5 Å². The molecule has 0 radical (unpaired) electrons. The van der Waals surface area contributed by atoms with E-state index in [0.29, 0.717) is 11.2 Å². The largest absolute Gasteiger partial charge is 0.501 e. The molecule has 24 heavy (non-hydrogen) atoms. The summed E-state index contributed by atoms with van der Waals surface area (Å²) in [6.07, 6.45) is -2.16. The molecule has 1 atom stereocenters. The van der Waals surface area contributed by atoms with Crippen molar-refractivity contribution in [2.24, 2.45) is 0 Å². The summed E-state index contributed by atoms with van der Waals surface area (Å²) in [5, 5.41) is 10.5. The molecule has 1 N–H and O–H groups in total. The molecule has 0 aliphatic rings. The molecule has 2 heterocycles. The maximum Gasteiger partial charge on any atom is 0.433 e. The maximum absolute atomic E-state index is 12.9. The van der Waals surface area contributed by atoms with E-state index in [1.165, 1.54) is 12.3 Å². The number of pyridine rings is 2. The molecule has 128 valence electrons. The van der Waals surface area contributed by atoms with Crippen LogP contribution in [-0.4, -0.2) is 21.7 Å². The van der Waals surface area contributed by atoms with Crippen molar-refractivity contribution >= 4 is 22.0 Å². The van der Waals surface area contributed by atoms with E-state index in [2.05, 4.69) is 25.9 Å². The van der Waals surface area contributed by atoms with E-state index in [0.717, 1.165) is 12.3 Å². The van der Waals surface area contributed by atoms with Crippen molar-refractivity contribution in [1.82, 2.24) is 9.97 Å². The first kappa shape index (κ1) is 18.4. The molecule has 0 aliphatic heterocycles. The van der Waals surface area contributed by atoms with E-state index >= 15 is 0 Å². The molecule has 0 spiro atoms. The third-order valence-corrected chi connectivity index (χ3v) is 3.52. The molecule has 2 rings (SSSR count). The first-order chi connectivity index (χ1) is 11.3. The Bertz CT molecular complexity index is 736. The lowest BCUT2D eigenvalue weighted by Crippen LogP contribution is -2.11. The summed E-state index contributed by atoms with van der Waals surface area (Å²) < 4.78 is 44.1. The minimum Gasteiger partial charge on any atom is -0.501 e. The molecule has 0 fully saturated rings. The average molecular weight is 403 g/mol. The number of rotatable bonds is 5. The Kier molecular flexibility index (Phi) is 5.95. The third-order valence-electron chi connectivity index (χ3n) is 3.08. The van der Waals surface area contributed by atoms with Gasteiger partial charge in [-0.3, -0.25) is 4.98 Å². The van der Waals surface area contributed by atoms with Gasteiger partial charge in [0.05, 0.1) is 18.6 Å². The quantitative estimate of drug-likeness (QED) is 0.596. The predicted octanol–water partition coefficient (Wildman–Crippen LogP) is 4.35. The molecule has 0 saturated carbocycles. The lowest BCUT2D eigenvalue weighted by molar-refractivity contribution is -0.141. The second kappa shape index (κ2) is 7.76. The molecule has 8 heteroatoms. The molecule has 0 saturated heterocycles. The zero-order valence-electron chi connectivity index (χ0n) is 12.6. The van der Waals surface area contributed by atoms with Gasteiger partial charge in [-0.1, -0.05) is 6.07 Å². The van der Waals surface area contributed by atoms with Crippen LogP contribution in [0.15, 0.2) is 41.3 Å². The van der Waals surface area contributed by atoms with Crippen molar-refractivity contribution in [1.29, 1.82) is 0 Å². The zero-order valence-corrected chi connectivity index (χ0v) is 14.2. The highest BCUT2D eigenvalue weighted by Gasteiger charge is 2.33. The van der Waals surface area contributed by atoms with Crippen LogP contribution in [-0.2, 0) is 10.9 Å². The maximum atomic E-state index is 12.9. The fourth-order valence-corrected chi connectivity index (χ4v) is 2.32. The van der Waals surface area contributed by atoms with Crippen molar-refractivity contribution in [3.05, 3.63) is 63.8 Å². The topological polar surface area (TPSA) is 55.2 Å². The van der Waals surface area contributed by atoms with Crippen LogP contribution in [0.25, 0.3) is 6.08 Å². The number of hydrogen-bond acceptors (Lipinski definition) is 4. The van der Waals surface area contributed by atoms with Gasteiger partial charge in [0.2, 0.25) is 0 Å². The summed E-state index contributed by atoms with van der Waals surface area (Å²) in [5.41, 5.74) is -0.404. The van der Waals surface area contributed by atoms with Crippen LogP contribution < -0.4 is 0 Å². The van der Waals surface area contributed by atoms with E-state index < -0.39 is 18.0 Å². The van der Waals surface area contributed by atoms with Crippen LogP contribution in [0.2, 0.25) is 0 Å². The van der Waals surface area contributed by atoms with Gasteiger partial charge in [0.1, 0.15) is 16.4 Å². The van der Waals surface area contributed by atoms with Crippen molar-refractivity contribution in [3.8, 4) is 0 Å². The number of nitrogens with zero attached hydrogens (tertiary/aromatic N) is 2. The molecule has 0 aliphatic carbocycles. The van der Waals surface area contributed by atoms with Crippen LogP contribution in [0.4, 0.5) is 13.2 Å². The number of aromatic nitrogens is 2. The number of ether oxygens (including phenoxy) is 1. The highest BCUT2D eigenvalue weighted by Crippen LogP contribution is 2.32. The highest BCUT2D eigenvalue weighted by molar-refractivity contribution is 9.10. The van der Waals surface area contributed by atoms with Crippen LogP contribution in [0.5, 0.6) is 0 Å². The summed E-state index contributed by atoms with van der Waals surface area (Å²) in [6, 6.07) is 5.79. The van der Waals surface area contributed by atoms with E-state index in [-0.39, 0.29) is 16.8 Å². The van der Waals surface area contributed by atoms with Gasteiger partial charge in [-0.05, 0) is 52.7 Å². The molecule has 0 amide bonds. The molecular formula is C16H14BrF3N2O2. The molecule has 0 aromatic carbocycles. The van der Waals surface area contributed by atoms with Crippen molar-refractivity contribution in [2.75, 3.05) is 6.61 Å². The van der Waals surface area contributed by atoms with Gasteiger partial charge >= 0.3 is 6.18 Å². The first-order valence-corrected chi connectivity index (χ1v) is 7.78. The van der Waals surface area contributed by atoms with Crippen molar-refractivity contribution in [3.63, 3.8) is 0 Å². The Hall–Kier alpha value is -1.93. The Morgan fingerprint density at radius 2 is 2.12 bits per heavy atom. The SMILES string of the molecule is CCO/C=C/c1cc(C(F)(F)F)ncc1C(O)c1cccc(Br)n1. The fraction of sp³-hybridized carbons (Fsp3) is 0.250. The summed E-state index contributed by atoms with van der Waals surface area (Å²) in [6.45, 7) is 2.12. The smallest absolute Gasteiger partial charge is 0.433 e. The third kappa shape index (κ3) is 4.55. The minimum atomic E-state index is -4.58. The lowest BCUT2D eigenvalue weighted by Gasteiger charge is -2.15. The van der Waals surface area contributed by atoms with Gasteiger partial charge in [0.25, 0.3) is 0 Å². The fourth-order valence-electron chi connectivity index (χ4n) is 1.96. The molecular weight excluding hydrogens is 389 g/mol. The van der Waals surface area contributed by atoms with Gasteiger partial charge < -0.3 is 9.84 Å². The zero-order chi connectivity index (χ0) is 17.7. The van der Waals surface area contributed by atoms with E-state index in [9.17, 15) is 18.3 Å². The second-order valence-corrected chi connectivity index (χ2v) is 5.55. The van der Waals surface area contributed by atoms with Crippen LogP contribution in [0, 0.1) is 0 Å². The molecule has 2 aromatic heterocycles. The summed E-state index contributed by atoms with van der Waals surface area (Å²) in [4.78, 5) is 7.53. The van der Waals surface area contributed by atoms with E-state index in [1.807, 2.05) is 0 Å². The Morgan fingerprint density at radius 1 is 1.38 bits per heavy atom. The molecule has 1 unspecified atom stereocenters. The standard InChI is InChI=1S/C16H14BrF3N2O2/c1-2-24-7-6-10-8-13(16(18,19)20)21-9-11(10)15(23)12-4-3-5-14(17)22-12/h3-9,15,23H,2H2,1H3/b7-6+. The van der Waals surface area contributed by atoms with E-state index in [4.69, 9.17) is 4.74 Å². The van der Waals surface area contributed by atoms with Crippen molar-refractivity contribution in [2.45, 2.75) is 19.2 Å². The second-order valence-electron chi connectivity index (χ2n) is 4.74. The molecule has 4 nitrogen and oxygen atoms in total. The Balaban J connectivity index is 2.47. The van der Waals surface area contributed by atoms with Gasteiger partial charge in [-0.15, -0.1) is 0 Å². The Morgan fingerprint density at radius 3 is 2.75 bits per heavy atom. The monoisotopic (exact) mass is 402 g/mol. The number of aliphatic hydroxyl groups is 1. The number of aliphatic hydroxyl groups excluding tert-OH is 1. The number of alkyl halides is 3. The molecule has 0 bridgehead atoms. The van der Waals surface area contributed by atoms with Gasteiger partial charge in [0.15, 0.2) is 0 Å². The van der Waals surface area contributed by atoms with Gasteiger partial charge in [-0.2, -0.15) is 13.2 Å². The van der Waals surface area contributed by atoms with Crippen LogP contribution >= 0.6 is 15.9 Å². The summed E-state index contributed by atoms with van der Waals surface area (Å²) >= 11 is 3.19. The average Bonchev–Trinajstić information content (AvgIpc) is 2.53. The minimum absolute atomic E-state index is 0.153. The van der Waals surface area contributed by atoms with E-state index in [1.54, 1.807) is 25.1 Å². The predicted molar refractivity (Wildman–Crippen MR) is 85.9 cm³/mol. The summed E-state index contributed by atoms with van der Waals surface area (Å²) in [7, 11) is 0.